The molecule has 1 aromatic rings. The van der Waals surface area contributed by atoms with Crippen LogP contribution in [0.5, 0.6) is 5.75 Å². The number of aliphatic carboxylic acids is 1. The molecule has 5 heteroatoms. The molecule has 0 unspecified atom stereocenters. The zero-order chi connectivity index (χ0) is 15.3. The van der Waals surface area contributed by atoms with Crippen molar-refractivity contribution >= 4 is 29.2 Å². The summed E-state index contributed by atoms with van der Waals surface area (Å²) in [6.45, 7) is 7.84. The van der Waals surface area contributed by atoms with Crippen molar-refractivity contribution in [3.8, 4) is 5.75 Å². The Morgan fingerprint density at radius 3 is 2.55 bits per heavy atom. The van der Waals surface area contributed by atoms with Crippen LogP contribution in [0.2, 0.25) is 10.0 Å². The van der Waals surface area contributed by atoms with Crippen LogP contribution < -0.4 is 4.74 Å². The predicted octanol–water partition coefficient (Wildman–Crippen LogP) is 4.60. The number of ether oxygens (including phenoxy) is 1. The highest BCUT2D eigenvalue weighted by Gasteiger charge is 2.13. The van der Waals surface area contributed by atoms with E-state index in [9.17, 15) is 4.79 Å². The van der Waals surface area contributed by atoms with Gasteiger partial charge >= 0.3 is 5.97 Å². The topological polar surface area (TPSA) is 46.5 Å². The van der Waals surface area contributed by atoms with E-state index in [0.29, 0.717) is 17.4 Å². The van der Waals surface area contributed by atoms with Gasteiger partial charge in [0.2, 0.25) is 0 Å². The minimum Gasteiger partial charge on any atom is -0.480 e. The quantitative estimate of drug-likeness (QED) is 0.748. The molecule has 0 spiro atoms. The summed E-state index contributed by atoms with van der Waals surface area (Å²) in [7, 11) is 0. The van der Waals surface area contributed by atoms with E-state index in [4.69, 9.17) is 33.0 Å². The minimum atomic E-state index is -1.06. The van der Waals surface area contributed by atoms with Gasteiger partial charge in [-0.15, -0.1) is 0 Å². The van der Waals surface area contributed by atoms with Gasteiger partial charge in [-0.2, -0.15) is 0 Å². The van der Waals surface area contributed by atoms with Crippen molar-refractivity contribution in [1.82, 2.24) is 0 Å². The highest BCUT2D eigenvalue weighted by molar-refractivity contribution is 6.43. The van der Waals surface area contributed by atoms with Gasteiger partial charge in [-0.05, 0) is 30.4 Å². The lowest BCUT2D eigenvalue weighted by molar-refractivity contribution is -0.139. The molecular weight excluding hydrogens is 299 g/mol. The number of hydrogen-bond donors (Lipinski definition) is 1. The average Bonchev–Trinajstić information content (AvgIpc) is 2.33. The molecule has 0 saturated heterocycles. The third-order valence-electron chi connectivity index (χ3n) is 2.62. The fraction of sp³-hybridized carbons (Fsp3) is 0.400. The van der Waals surface area contributed by atoms with E-state index in [-0.39, 0.29) is 10.8 Å². The van der Waals surface area contributed by atoms with Crippen LogP contribution in [0.15, 0.2) is 24.3 Å². The number of halogens is 2. The van der Waals surface area contributed by atoms with E-state index in [1.165, 1.54) is 0 Å². The summed E-state index contributed by atoms with van der Waals surface area (Å²) < 4.78 is 5.07. The molecule has 0 aromatic heterocycles. The first kappa shape index (κ1) is 16.9. The molecule has 0 fully saturated rings. The maximum Gasteiger partial charge on any atom is 0.341 e. The highest BCUT2D eigenvalue weighted by Crippen LogP contribution is 2.36. The van der Waals surface area contributed by atoms with Gasteiger partial charge in [-0.3, -0.25) is 0 Å². The Bertz CT molecular complexity index is 510. The molecule has 0 radical (unpaired) electrons. The zero-order valence-electron chi connectivity index (χ0n) is 11.6. The Labute approximate surface area is 129 Å². The molecule has 1 N–H and O–H groups in total. The molecule has 0 aliphatic rings. The molecule has 0 aliphatic heterocycles. The summed E-state index contributed by atoms with van der Waals surface area (Å²) in [6, 6.07) is 3.42. The highest BCUT2D eigenvalue weighted by atomic mass is 35.5. The van der Waals surface area contributed by atoms with Gasteiger partial charge in [0.1, 0.15) is 10.8 Å². The SMILES string of the molecule is C=C(Cc1ccc(OCC(=O)O)c(Cl)c1Cl)CC(C)C. The van der Waals surface area contributed by atoms with E-state index >= 15 is 0 Å². The van der Waals surface area contributed by atoms with Gasteiger partial charge < -0.3 is 9.84 Å². The number of hydrogen-bond acceptors (Lipinski definition) is 2. The first-order chi connectivity index (χ1) is 9.31. The number of carboxylic acids is 1. The smallest absolute Gasteiger partial charge is 0.341 e. The first-order valence-corrected chi connectivity index (χ1v) is 7.05. The van der Waals surface area contributed by atoms with Gasteiger partial charge in [-0.1, -0.05) is 55.3 Å². The Hall–Kier alpha value is -1.19. The maximum atomic E-state index is 10.5. The fourth-order valence-electron chi connectivity index (χ4n) is 1.88. The number of carboxylic acid groups (broad SMARTS) is 1. The molecule has 0 saturated carbocycles. The van der Waals surface area contributed by atoms with Gasteiger partial charge in [-0.25, -0.2) is 4.79 Å². The normalized spacial score (nSPS) is 10.7. The monoisotopic (exact) mass is 316 g/mol. The molecule has 3 nitrogen and oxygen atoms in total. The first-order valence-electron chi connectivity index (χ1n) is 6.29. The van der Waals surface area contributed by atoms with E-state index < -0.39 is 12.6 Å². The zero-order valence-corrected chi connectivity index (χ0v) is 13.1. The molecular formula is C15H18Cl2O3. The Balaban J connectivity index is 2.83. The summed E-state index contributed by atoms with van der Waals surface area (Å²) in [6.07, 6.45) is 1.57. The van der Waals surface area contributed by atoms with Crippen molar-refractivity contribution < 1.29 is 14.6 Å². The van der Waals surface area contributed by atoms with Crippen LogP contribution in [0.1, 0.15) is 25.8 Å². The van der Waals surface area contributed by atoms with E-state index in [2.05, 4.69) is 20.4 Å². The third kappa shape index (κ3) is 5.06. The van der Waals surface area contributed by atoms with Crippen LogP contribution >= 0.6 is 23.2 Å². The average molecular weight is 317 g/mol. The second-order valence-electron chi connectivity index (χ2n) is 5.06. The van der Waals surface area contributed by atoms with Crippen LogP contribution in [0, 0.1) is 5.92 Å². The molecule has 0 bridgehead atoms. The molecule has 110 valence electrons. The summed E-state index contributed by atoms with van der Waals surface area (Å²) in [5.74, 6) is -0.251. The Morgan fingerprint density at radius 1 is 1.35 bits per heavy atom. The summed E-state index contributed by atoms with van der Waals surface area (Å²) in [5.41, 5.74) is 1.95. The number of carbonyl (C=O) groups is 1. The van der Waals surface area contributed by atoms with Crippen molar-refractivity contribution in [1.29, 1.82) is 0 Å². The number of allylic oxidation sites excluding steroid dienone is 1. The molecule has 1 aromatic carbocycles. The molecule has 20 heavy (non-hydrogen) atoms. The predicted molar refractivity (Wildman–Crippen MR) is 81.9 cm³/mol. The molecule has 0 heterocycles. The Morgan fingerprint density at radius 2 is 2.00 bits per heavy atom. The van der Waals surface area contributed by atoms with Crippen LogP contribution in [0.3, 0.4) is 0 Å². The van der Waals surface area contributed by atoms with Crippen LogP contribution in [-0.4, -0.2) is 17.7 Å². The largest absolute Gasteiger partial charge is 0.480 e. The lowest BCUT2D eigenvalue weighted by Gasteiger charge is -2.13. The van der Waals surface area contributed by atoms with Crippen molar-refractivity contribution in [3.63, 3.8) is 0 Å². The Kier molecular flexibility index (Phi) is 6.37. The lowest BCUT2D eigenvalue weighted by Crippen LogP contribution is -2.09. The van der Waals surface area contributed by atoms with Gasteiger partial charge in [0, 0.05) is 0 Å². The molecule has 1 rings (SSSR count). The van der Waals surface area contributed by atoms with Gasteiger partial charge in [0.25, 0.3) is 0 Å². The van der Waals surface area contributed by atoms with Crippen LogP contribution in [0.25, 0.3) is 0 Å². The standard InChI is InChI=1S/C15H18Cl2O3/c1-9(2)6-10(3)7-11-4-5-12(15(17)14(11)16)20-8-13(18)19/h4-5,9H,3,6-8H2,1-2H3,(H,18,19). The van der Waals surface area contributed by atoms with Crippen molar-refractivity contribution in [2.75, 3.05) is 6.61 Å². The maximum absolute atomic E-state index is 10.5. The molecule has 0 atom stereocenters. The van der Waals surface area contributed by atoms with Crippen LogP contribution in [-0.2, 0) is 11.2 Å². The molecule has 0 aliphatic carbocycles. The van der Waals surface area contributed by atoms with Crippen LogP contribution in [0.4, 0.5) is 0 Å². The van der Waals surface area contributed by atoms with Gasteiger partial charge in [0.15, 0.2) is 6.61 Å². The summed E-state index contributed by atoms with van der Waals surface area (Å²) >= 11 is 12.3. The van der Waals surface area contributed by atoms with Crippen molar-refractivity contribution in [2.24, 2.45) is 5.92 Å². The molecule has 0 amide bonds. The van der Waals surface area contributed by atoms with E-state index in [1.807, 2.05) is 0 Å². The summed E-state index contributed by atoms with van der Waals surface area (Å²) in [5, 5.41) is 9.21. The lowest BCUT2D eigenvalue weighted by atomic mass is 9.98. The fourth-order valence-corrected chi connectivity index (χ4v) is 2.34. The van der Waals surface area contributed by atoms with Crippen molar-refractivity contribution in [3.05, 3.63) is 39.9 Å². The summed E-state index contributed by atoms with van der Waals surface area (Å²) in [4.78, 5) is 10.5. The second-order valence-corrected chi connectivity index (χ2v) is 5.81. The minimum absolute atomic E-state index is 0.239. The number of benzene rings is 1. The van der Waals surface area contributed by atoms with E-state index in [0.717, 1.165) is 17.6 Å². The third-order valence-corrected chi connectivity index (χ3v) is 3.52. The van der Waals surface area contributed by atoms with Crippen molar-refractivity contribution in [2.45, 2.75) is 26.7 Å². The van der Waals surface area contributed by atoms with Gasteiger partial charge in [0.05, 0.1) is 5.02 Å². The number of rotatable bonds is 7. The van der Waals surface area contributed by atoms with E-state index in [1.54, 1.807) is 12.1 Å². The second kappa shape index (κ2) is 7.55.